The van der Waals surface area contributed by atoms with E-state index in [2.05, 4.69) is 24.1 Å². The van der Waals surface area contributed by atoms with Crippen LogP contribution in [0, 0.1) is 11.8 Å². The van der Waals surface area contributed by atoms with Crippen molar-refractivity contribution >= 4 is 0 Å². The van der Waals surface area contributed by atoms with E-state index in [4.69, 9.17) is 4.74 Å². The molecule has 0 saturated carbocycles. The van der Waals surface area contributed by atoms with Crippen LogP contribution in [0.15, 0.2) is 0 Å². The highest BCUT2D eigenvalue weighted by Gasteiger charge is 2.15. The van der Waals surface area contributed by atoms with Gasteiger partial charge in [0, 0.05) is 26.8 Å². The fourth-order valence-corrected chi connectivity index (χ4v) is 2.32. The highest BCUT2D eigenvalue weighted by molar-refractivity contribution is 4.70. The molecule has 1 N–H and O–H groups in total. The van der Waals surface area contributed by atoms with Crippen molar-refractivity contribution < 1.29 is 4.74 Å². The van der Waals surface area contributed by atoms with Gasteiger partial charge in [0.25, 0.3) is 0 Å². The van der Waals surface area contributed by atoms with E-state index in [1.54, 1.807) is 7.11 Å². The van der Waals surface area contributed by atoms with Crippen molar-refractivity contribution in [1.82, 2.24) is 10.2 Å². The summed E-state index contributed by atoms with van der Waals surface area (Å²) in [4.78, 5) is 2.59. The highest BCUT2D eigenvalue weighted by atomic mass is 16.5. The molecule has 1 heterocycles. The van der Waals surface area contributed by atoms with Crippen molar-refractivity contribution in [2.75, 3.05) is 46.4 Å². The van der Waals surface area contributed by atoms with Crippen LogP contribution in [0.1, 0.15) is 20.3 Å². The third kappa shape index (κ3) is 5.50. The summed E-state index contributed by atoms with van der Waals surface area (Å²) >= 11 is 0. The largest absolute Gasteiger partial charge is 0.384 e. The van der Waals surface area contributed by atoms with Gasteiger partial charge >= 0.3 is 0 Å². The van der Waals surface area contributed by atoms with Crippen LogP contribution in [0.3, 0.4) is 0 Å². The molecule has 1 aliphatic heterocycles. The van der Waals surface area contributed by atoms with Gasteiger partial charge in [0.1, 0.15) is 0 Å². The second-order valence-electron chi connectivity index (χ2n) is 4.98. The molecule has 2 unspecified atom stereocenters. The van der Waals surface area contributed by atoms with E-state index in [0.29, 0.717) is 5.92 Å². The summed E-state index contributed by atoms with van der Waals surface area (Å²) < 4.78 is 5.19. The molecule has 0 aromatic rings. The maximum Gasteiger partial charge on any atom is 0.0500 e. The Morgan fingerprint density at radius 1 is 1.53 bits per heavy atom. The number of rotatable bonds is 4. The summed E-state index contributed by atoms with van der Waals surface area (Å²) in [6, 6.07) is 0. The molecule has 0 aromatic heterocycles. The predicted molar refractivity (Wildman–Crippen MR) is 64.1 cm³/mol. The van der Waals surface area contributed by atoms with Crippen LogP contribution in [-0.2, 0) is 4.74 Å². The molecule has 1 aliphatic rings. The van der Waals surface area contributed by atoms with Crippen molar-refractivity contribution in [3.8, 4) is 0 Å². The Labute approximate surface area is 94.2 Å². The Kier molecular flexibility index (Phi) is 6.22. The standard InChI is InChI=1S/C12H26N2O/c1-11-7-13-5-4-6-14(8-11)9-12(2)10-15-3/h11-13H,4-10H2,1-3H3. The Morgan fingerprint density at radius 2 is 2.33 bits per heavy atom. The fraction of sp³-hybridized carbons (Fsp3) is 1.00. The first kappa shape index (κ1) is 12.9. The number of methoxy groups -OCH3 is 1. The number of ether oxygens (including phenoxy) is 1. The minimum absolute atomic E-state index is 0.648. The van der Waals surface area contributed by atoms with E-state index in [-0.39, 0.29) is 0 Å². The lowest BCUT2D eigenvalue weighted by molar-refractivity contribution is 0.119. The molecule has 1 fully saturated rings. The minimum Gasteiger partial charge on any atom is -0.384 e. The smallest absolute Gasteiger partial charge is 0.0500 e. The summed E-state index contributed by atoms with van der Waals surface area (Å²) in [5.41, 5.74) is 0. The molecule has 3 nitrogen and oxygen atoms in total. The maximum atomic E-state index is 5.19. The van der Waals surface area contributed by atoms with Crippen LogP contribution in [-0.4, -0.2) is 51.3 Å². The summed E-state index contributed by atoms with van der Waals surface area (Å²) in [5.74, 6) is 1.41. The highest BCUT2D eigenvalue weighted by Crippen LogP contribution is 2.07. The van der Waals surface area contributed by atoms with Gasteiger partial charge in [0.05, 0.1) is 0 Å². The Balaban J connectivity index is 2.30. The molecule has 90 valence electrons. The van der Waals surface area contributed by atoms with E-state index < -0.39 is 0 Å². The first-order valence-corrected chi connectivity index (χ1v) is 6.14. The Bertz CT molecular complexity index is 164. The normalized spacial score (nSPS) is 27.0. The average Bonchev–Trinajstić information content (AvgIpc) is 2.13. The molecule has 0 spiro atoms. The number of hydrogen-bond acceptors (Lipinski definition) is 3. The second-order valence-corrected chi connectivity index (χ2v) is 4.98. The zero-order valence-corrected chi connectivity index (χ0v) is 10.5. The van der Waals surface area contributed by atoms with Crippen molar-refractivity contribution in [2.45, 2.75) is 20.3 Å². The van der Waals surface area contributed by atoms with Crippen LogP contribution in [0.5, 0.6) is 0 Å². The molecule has 0 bridgehead atoms. The van der Waals surface area contributed by atoms with Gasteiger partial charge in [-0.2, -0.15) is 0 Å². The lowest BCUT2D eigenvalue weighted by Crippen LogP contribution is -2.41. The number of nitrogens with zero attached hydrogens (tertiary/aromatic N) is 1. The quantitative estimate of drug-likeness (QED) is 0.761. The monoisotopic (exact) mass is 214 g/mol. The molecular weight excluding hydrogens is 188 g/mol. The topological polar surface area (TPSA) is 24.5 Å². The average molecular weight is 214 g/mol. The van der Waals surface area contributed by atoms with E-state index in [1.165, 1.54) is 32.6 Å². The first-order chi connectivity index (χ1) is 7.22. The first-order valence-electron chi connectivity index (χ1n) is 6.14. The predicted octanol–water partition coefficient (Wildman–Crippen LogP) is 1.20. The van der Waals surface area contributed by atoms with Gasteiger partial charge in [-0.3, -0.25) is 0 Å². The van der Waals surface area contributed by atoms with Gasteiger partial charge < -0.3 is 15.0 Å². The van der Waals surface area contributed by atoms with Crippen LogP contribution in [0.25, 0.3) is 0 Å². The molecule has 3 heteroatoms. The third-order valence-corrected chi connectivity index (χ3v) is 2.91. The molecule has 2 atom stereocenters. The van der Waals surface area contributed by atoms with Crippen molar-refractivity contribution in [2.24, 2.45) is 11.8 Å². The molecule has 0 radical (unpaired) electrons. The van der Waals surface area contributed by atoms with E-state index >= 15 is 0 Å². The molecule has 15 heavy (non-hydrogen) atoms. The minimum atomic E-state index is 0.648. The Morgan fingerprint density at radius 3 is 3.07 bits per heavy atom. The zero-order valence-electron chi connectivity index (χ0n) is 10.5. The fourth-order valence-electron chi connectivity index (χ4n) is 2.32. The van der Waals surface area contributed by atoms with Gasteiger partial charge in [-0.05, 0) is 37.9 Å². The maximum absolute atomic E-state index is 5.19. The van der Waals surface area contributed by atoms with Gasteiger partial charge in [0.15, 0.2) is 0 Å². The van der Waals surface area contributed by atoms with Gasteiger partial charge in [0.2, 0.25) is 0 Å². The number of hydrogen-bond donors (Lipinski definition) is 1. The number of nitrogens with one attached hydrogen (secondary N) is 1. The van der Waals surface area contributed by atoms with E-state index in [1.807, 2.05) is 0 Å². The summed E-state index contributed by atoms with van der Waals surface area (Å²) in [7, 11) is 1.79. The lowest BCUT2D eigenvalue weighted by atomic mass is 10.1. The molecule has 0 aliphatic carbocycles. The van der Waals surface area contributed by atoms with Gasteiger partial charge in [-0.1, -0.05) is 13.8 Å². The summed E-state index contributed by atoms with van der Waals surface area (Å²) in [6.45, 7) is 11.4. The second kappa shape index (κ2) is 7.20. The van der Waals surface area contributed by atoms with Crippen LogP contribution >= 0.6 is 0 Å². The van der Waals surface area contributed by atoms with E-state index in [9.17, 15) is 0 Å². The van der Waals surface area contributed by atoms with Crippen molar-refractivity contribution in [3.05, 3.63) is 0 Å². The zero-order chi connectivity index (χ0) is 11.1. The van der Waals surface area contributed by atoms with Crippen molar-refractivity contribution in [3.63, 3.8) is 0 Å². The SMILES string of the molecule is COCC(C)CN1CCCNCC(C)C1. The molecular formula is C12H26N2O. The van der Waals surface area contributed by atoms with E-state index in [0.717, 1.165) is 19.1 Å². The summed E-state index contributed by atoms with van der Waals surface area (Å²) in [6.07, 6.45) is 1.27. The van der Waals surface area contributed by atoms with Crippen LogP contribution in [0.2, 0.25) is 0 Å². The van der Waals surface area contributed by atoms with Crippen molar-refractivity contribution in [1.29, 1.82) is 0 Å². The molecule has 0 aromatic carbocycles. The third-order valence-electron chi connectivity index (χ3n) is 2.91. The Hall–Kier alpha value is -0.120. The molecule has 1 saturated heterocycles. The lowest BCUT2D eigenvalue weighted by Gasteiger charge is -2.30. The van der Waals surface area contributed by atoms with Crippen LogP contribution < -0.4 is 5.32 Å². The van der Waals surface area contributed by atoms with Gasteiger partial charge in [-0.25, -0.2) is 0 Å². The summed E-state index contributed by atoms with van der Waals surface area (Å²) in [5, 5.41) is 3.48. The van der Waals surface area contributed by atoms with Crippen LogP contribution in [0.4, 0.5) is 0 Å². The van der Waals surface area contributed by atoms with Gasteiger partial charge in [-0.15, -0.1) is 0 Å². The molecule has 0 amide bonds. The molecule has 1 rings (SSSR count).